The zero-order valence-corrected chi connectivity index (χ0v) is 12.4. The quantitative estimate of drug-likeness (QED) is 0.850. The summed E-state index contributed by atoms with van der Waals surface area (Å²) >= 11 is 0. The second kappa shape index (κ2) is 6.17. The Morgan fingerprint density at radius 2 is 2.24 bits per heavy atom. The molecule has 1 aromatic carbocycles. The van der Waals surface area contributed by atoms with Gasteiger partial charge in [-0.15, -0.1) is 0 Å². The Morgan fingerprint density at radius 1 is 1.52 bits per heavy atom. The van der Waals surface area contributed by atoms with Crippen LogP contribution in [0.2, 0.25) is 0 Å². The summed E-state index contributed by atoms with van der Waals surface area (Å²) in [5, 5.41) is 8.83. The van der Waals surface area contributed by atoms with E-state index in [1.807, 2.05) is 0 Å². The predicted molar refractivity (Wildman–Crippen MR) is 72.2 cm³/mol. The predicted octanol–water partition coefficient (Wildman–Crippen LogP) is 2.02. The molecular weight excluding hydrogens is 325 g/mol. The van der Waals surface area contributed by atoms with Gasteiger partial charge in [-0.25, -0.2) is 17.6 Å². The smallest absolute Gasteiger partial charge is 0.407 e. The lowest BCUT2D eigenvalue weighted by atomic mass is 10.2. The van der Waals surface area contributed by atoms with Crippen LogP contribution in [0.5, 0.6) is 0 Å². The van der Waals surface area contributed by atoms with Crippen LogP contribution in [-0.2, 0) is 20.4 Å². The van der Waals surface area contributed by atoms with Gasteiger partial charge in [-0.1, -0.05) is 0 Å². The maximum absolute atomic E-state index is 13.2. The van der Waals surface area contributed by atoms with Crippen molar-refractivity contribution in [2.24, 2.45) is 0 Å². The Labute approximate surface area is 125 Å². The Kier molecular flexibility index (Phi) is 4.70. The van der Waals surface area contributed by atoms with Crippen molar-refractivity contribution in [2.75, 3.05) is 13.1 Å². The molecule has 1 aliphatic heterocycles. The second-order valence-corrected chi connectivity index (χ2v) is 7.17. The van der Waals surface area contributed by atoms with Gasteiger partial charge in [0.05, 0.1) is 24.2 Å². The number of ether oxygens (including phenoxy) is 1. The minimum Gasteiger partial charge on any atom is -0.465 e. The molecule has 0 bridgehead atoms. The molecule has 0 unspecified atom stereocenters. The Hall–Kier alpha value is -1.38. The number of rotatable bonds is 4. The van der Waals surface area contributed by atoms with Crippen LogP contribution in [0.4, 0.5) is 9.18 Å². The normalized spacial score (nSPS) is 19.0. The average molecular weight is 338 g/mol. The van der Waals surface area contributed by atoms with Crippen molar-refractivity contribution < 1.29 is 27.4 Å². The highest BCUT2D eigenvalue weighted by atomic mass is 35.7. The van der Waals surface area contributed by atoms with Crippen molar-refractivity contribution >= 4 is 25.8 Å². The molecule has 0 aliphatic carbocycles. The molecule has 0 spiro atoms. The summed E-state index contributed by atoms with van der Waals surface area (Å²) in [5.74, 6) is -0.601. The van der Waals surface area contributed by atoms with Crippen molar-refractivity contribution in [3.8, 4) is 0 Å². The monoisotopic (exact) mass is 337 g/mol. The van der Waals surface area contributed by atoms with Crippen molar-refractivity contribution in [1.29, 1.82) is 0 Å². The summed E-state index contributed by atoms with van der Waals surface area (Å²) in [4.78, 5) is 11.8. The molecule has 116 valence electrons. The zero-order valence-electron chi connectivity index (χ0n) is 10.8. The molecule has 1 fully saturated rings. The fourth-order valence-electron chi connectivity index (χ4n) is 2.14. The van der Waals surface area contributed by atoms with Crippen LogP contribution in [0.15, 0.2) is 23.1 Å². The minimum atomic E-state index is -4.00. The van der Waals surface area contributed by atoms with Gasteiger partial charge in [0.25, 0.3) is 9.05 Å². The number of benzene rings is 1. The van der Waals surface area contributed by atoms with Crippen LogP contribution < -0.4 is 0 Å². The van der Waals surface area contributed by atoms with Crippen LogP contribution in [0.3, 0.4) is 0 Å². The molecule has 0 radical (unpaired) electrons. The van der Waals surface area contributed by atoms with Crippen LogP contribution in [0.25, 0.3) is 0 Å². The molecule has 9 heteroatoms. The maximum Gasteiger partial charge on any atom is 0.407 e. The number of hydrogen-bond donors (Lipinski definition) is 1. The highest BCUT2D eigenvalue weighted by Crippen LogP contribution is 2.23. The van der Waals surface area contributed by atoms with Gasteiger partial charge in [0.1, 0.15) is 5.82 Å². The van der Waals surface area contributed by atoms with E-state index in [0.717, 1.165) is 18.2 Å². The Morgan fingerprint density at radius 3 is 2.81 bits per heavy atom. The van der Waals surface area contributed by atoms with E-state index < -0.39 is 21.0 Å². The molecular formula is C12H13ClFNO5S. The van der Waals surface area contributed by atoms with E-state index in [1.165, 1.54) is 4.90 Å². The van der Waals surface area contributed by atoms with Gasteiger partial charge in [-0.2, -0.15) is 0 Å². The summed E-state index contributed by atoms with van der Waals surface area (Å²) in [6.45, 7) is 0.397. The van der Waals surface area contributed by atoms with Crippen molar-refractivity contribution in [2.45, 2.75) is 24.0 Å². The van der Waals surface area contributed by atoms with Gasteiger partial charge in [0.15, 0.2) is 0 Å². The van der Waals surface area contributed by atoms with Gasteiger partial charge in [-0.3, -0.25) is 0 Å². The van der Waals surface area contributed by atoms with Crippen LogP contribution in [0.1, 0.15) is 12.0 Å². The third kappa shape index (κ3) is 4.05. The van der Waals surface area contributed by atoms with E-state index >= 15 is 0 Å². The maximum atomic E-state index is 13.2. The molecule has 1 atom stereocenters. The topological polar surface area (TPSA) is 83.9 Å². The molecule has 1 aromatic rings. The molecule has 1 amide bonds. The summed E-state index contributed by atoms with van der Waals surface area (Å²) in [7, 11) is 1.29. The first kappa shape index (κ1) is 16.0. The highest BCUT2D eigenvalue weighted by molar-refractivity contribution is 8.13. The highest BCUT2D eigenvalue weighted by Gasteiger charge is 2.27. The summed E-state index contributed by atoms with van der Waals surface area (Å²) in [6.07, 6.45) is -0.879. The molecule has 1 aliphatic rings. The van der Waals surface area contributed by atoms with Gasteiger partial charge in [0, 0.05) is 22.8 Å². The van der Waals surface area contributed by atoms with Crippen LogP contribution in [0, 0.1) is 5.82 Å². The van der Waals surface area contributed by atoms with E-state index in [0.29, 0.717) is 13.0 Å². The number of carboxylic acid groups (broad SMARTS) is 1. The number of carbonyl (C=O) groups is 1. The van der Waals surface area contributed by atoms with E-state index in [2.05, 4.69) is 0 Å². The number of amides is 1. The number of halogens is 2. The van der Waals surface area contributed by atoms with Crippen molar-refractivity contribution in [1.82, 2.24) is 4.90 Å². The average Bonchev–Trinajstić information content (AvgIpc) is 2.83. The number of likely N-dealkylation sites (tertiary alicyclic amines) is 1. The van der Waals surface area contributed by atoms with Gasteiger partial charge >= 0.3 is 6.09 Å². The largest absolute Gasteiger partial charge is 0.465 e. The summed E-state index contributed by atoms with van der Waals surface area (Å²) in [6, 6.07) is 3.12. The fraction of sp³-hybridized carbons (Fsp3) is 0.417. The molecule has 0 saturated carbocycles. The second-order valence-electron chi connectivity index (χ2n) is 4.64. The molecule has 0 aromatic heterocycles. The molecule has 21 heavy (non-hydrogen) atoms. The van der Waals surface area contributed by atoms with E-state index in [1.54, 1.807) is 0 Å². The Bertz CT molecular complexity index is 651. The summed E-state index contributed by atoms with van der Waals surface area (Å²) < 4.78 is 41.5. The summed E-state index contributed by atoms with van der Waals surface area (Å²) in [5.41, 5.74) is 0.110. The lowest BCUT2D eigenvalue weighted by molar-refractivity contribution is 0.0453. The molecule has 1 heterocycles. The van der Waals surface area contributed by atoms with E-state index in [-0.39, 0.29) is 29.7 Å². The minimum absolute atomic E-state index is 0.110. The SMILES string of the molecule is O=C(O)N1CC[C@@H](OCc2cc(F)ccc2S(=O)(=O)Cl)C1. The third-order valence-corrected chi connectivity index (χ3v) is 4.60. The van der Waals surface area contributed by atoms with Crippen LogP contribution >= 0.6 is 10.7 Å². The molecule has 1 N–H and O–H groups in total. The van der Waals surface area contributed by atoms with Crippen LogP contribution in [-0.4, -0.2) is 43.7 Å². The first-order valence-electron chi connectivity index (χ1n) is 6.10. The first-order chi connectivity index (χ1) is 9.77. The zero-order chi connectivity index (χ0) is 15.6. The lowest BCUT2D eigenvalue weighted by Crippen LogP contribution is -2.28. The fourth-order valence-corrected chi connectivity index (χ4v) is 3.26. The molecule has 2 rings (SSSR count). The lowest BCUT2D eigenvalue weighted by Gasteiger charge is -2.14. The van der Waals surface area contributed by atoms with E-state index in [4.69, 9.17) is 20.5 Å². The Balaban J connectivity index is 2.07. The number of hydrogen-bond acceptors (Lipinski definition) is 4. The van der Waals surface area contributed by atoms with Gasteiger partial charge in [0.2, 0.25) is 0 Å². The standard InChI is InChI=1S/C12H13ClFNO5S/c13-21(18,19)11-2-1-9(14)5-8(11)7-20-10-3-4-15(6-10)12(16)17/h1-2,5,10H,3-4,6-7H2,(H,16,17)/t10-/m1/s1. The molecule has 1 saturated heterocycles. The van der Waals surface area contributed by atoms with E-state index in [9.17, 15) is 17.6 Å². The van der Waals surface area contributed by atoms with Gasteiger partial charge in [-0.05, 0) is 24.6 Å². The van der Waals surface area contributed by atoms with Crippen molar-refractivity contribution in [3.05, 3.63) is 29.6 Å². The third-order valence-electron chi connectivity index (χ3n) is 3.18. The van der Waals surface area contributed by atoms with Gasteiger partial charge < -0.3 is 14.7 Å². The molecule has 6 nitrogen and oxygen atoms in total. The first-order valence-corrected chi connectivity index (χ1v) is 8.41. The number of nitrogens with zero attached hydrogens (tertiary/aromatic N) is 1. The van der Waals surface area contributed by atoms with Crippen molar-refractivity contribution in [3.63, 3.8) is 0 Å².